The Bertz CT molecular complexity index is 1170. The average Bonchev–Trinajstić information content (AvgIpc) is 3.43. The van der Waals surface area contributed by atoms with Gasteiger partial charge in [-0.05, 0) is 42.6 Å². The van der Waals surface area contributed by atoms with Crippen LogP contribution in [0.1, 0.15) is 17.0 Å². The standard InChI is InChI=1S/C20H15F3N4O2S/c1-12-14(26-19(29-12)17-4-2-9-30-17)11-18(28)25-15-10-13(20(21,22)23)5-6-16(15)27-8-3-7-24-27/h2-10H,11H2,1H3,(H,25,28). The van der Waals surface area contributed by atoms with Crippen molar-refractivity contribution in [3.8, 4) is 16.5 Å². The van der Waals surface area contributed by atoms with Gasteiger partial charge in [0.2, 0.25) is 11.8 Å². The Morgan fingerprint density at radius 1 is 1.27 bits per heavy atom. The van der Waals surface area contributed by atoms with Crippen LogP contribution in [0.3, 0.4) is 0 Å². The summed E-state index contributed by atoms with van der Waals surface area (Å²) in [6.45, 7) is 1.69. The molecule has 154 valence electrons. The van der Waals surface area contributed by atoms with Crippen molar-refractivity contribution >= 4 is 22.9 Å². The third kappa shape index (κ3) is 4.13. The second-order valence-electron chi connectivity index (χ2n) is 6.40. The van der Waals surface area contributed by atoms with Gasteiger partial charge in [0.05, 0.1) is 33.9 Å². The number of hydrogen-bond acceptors (Lipinski definition) is 5. The summed E-state index contributed by atoms with van der Waals surface area (Å²) >= 11 is 1.45. The molecule has 0 radical (unpaired) electrons. The van der Waals surface area contributed by atoms with E-state index in [1.807, 2.05) is 17.5 Å². The topological polar surface area (TPSA) is 73.0 Å². The molecule has 1 N–H and O–H groups in total. The van der Waals surface area contributed by atoms with Gasteiger partial charge in [0.25, 0.3) is 0 Å². The number of halogens is 3. The lowest BCUT2D eigenvalue weighted by atomic mass is 10.1. The molecule has 0 bridgehead atoms. The lowest BCUT2D eigenvalue weighted by Crippen LogP contribution is -2.18. The summed E-state index contributed by atoms with van der Waals surface area (Å²) in [5.41, 5.74) is -0.134. The van der Waals surface area contributed by atoms with E-state index in [1.165, 1.54) is 28.3 Å². The molecular formula is C20H15F3N4O2S. The van der Waals surface area contributed by atoms with Crippen LogP contribution < -0.4 is 5.32 Å². The molecule has 0 aliphatic carbocycles. The normalized spacial score (nSPS) is 11.6. The average molecular weight is 432 g/mol. The quantitative estimate of drug-likeness (QED) is 0.476. The van der Waals surface area contributed by atoms with Gasteiger partial charge in [0.1, 0.15) is 5.76 Å². The fraction of sp³-hybridized carbons (Fsp3) is 0.150. The molecule has 1 aromatic carbocycles. The van der Waals surface area contributed by atoms with Crippen LogP contribution in [0, 0.1) is 6.92 Å². The molecule has 4 aromatic rings. The number of rotatable bonds is 5. The predicted octanol–water partition coefficient (Wildman–Crippen LogP) is 5.10. The van der Waals surface area contributed by atoms with Crippen molar-refractivity contribution in [3.05, 3.63) is 71.2 Å². The molecule has 0 aliphatic rings. The molecule has 0 saturated heterocycles. The minimum absolute atomic E-state index is 0.00171. The van der Waals surface area contributed by atoms with Crippen molar-refractivity contribution in [2.24, 2.45) is 0 Å². The molecule has 0 unspecified atom stereocenters. The van der Waals surface area contributed by atoms with Crippen molar-refractivity contribution in [1.82, 2.24) is 14.8 Å². The second kappa shape index (κ2) is 7.79. The van der Waals surface area contributed by atoms with Crippen molar-refractivity contribution in [2.75, 3.05) is 5.32 Å². The Labute approximate surface area is 173 Å². The van der Waals surface area contributed by atoms with Gasteiger partial charge in [-0.25, -0.2) is 9.67 Å². The van der Waals surface area contributed by atoms with Crippen LogP contribution in [0.2, 0.25) is 0 Å². The number of nitrogens with one attached hydrogen (secondary N) is 1. The summed E-state index contributed by atoms with van der Waals surface area (Å²) < 4.78 is 46.5. The molecule has 6 nitrogen and oxygen atoms in total. The largest absolute Gasteiger partial charge is 0.440 e. The highest BCUT2D eigenvalue weighted by molar-refractivity contribution is 7.13. The second-order valence-corrected chi connectivity index (χ2v) is 7.35. The Kier molecular flexibility index (Phi) is 5.17. The highest BCUT2D eigenvalue weighted by Gasteiger charge is 2.31. The highest BCUT2D eigenvalue weighted by atomic mass is 32.1. The summed E-state index contributed by atoms with van der Waals surface area (Å²) in [6.07, 6.45) is -1.61. The molecule has 0 fully saturated rings. The zero-order valence-electron chi connectivity index (χ0n) is 15.6. The van der Waals surface area contributed by atoms with Crippen LogP contribution in [0.25, 0.3) is 16.5 Å². The number of alkyl halides is 3. The van der Waals surface area contributed by atoms with E-state index in [0.717, 1.165) is 17.0 Å². The van der Waals surface area contributed by atoms with E-state index in [-0.39, 0.29) is 12.1 Å². The van der Waals surface area contributed by atoms with E-state index >= 15 is 0 Å². The van der Waals surface area contributed by atoms with Gasteiger partial charge in [0, 0.05) is 12.4 Å². The minimum atomic E-state index is -4.54. The fourth-order valence-corrected chi connectivity index (χ4v) is 3.52. The number of nitrogens with zero attached hydrogens (tertiary/aromatic N) is 3. The zero-order chi connectivity index (χ0) is 21.3. The van der Waals surface area contributed by atoms with Crippen LogP contribution in [-0.2, 0) is 17.4 Å². The zero-order valence-corrected chi connectivity index (χ0v) is 16.4. The number of amides is 1. The fourth-order valence-electron chi connectivity index (χ4n) is 2.87. The summed E-state index contributed by atoms with van der Waals surface area (Å²) in [6, 6.07) is 8.44. The summed E-state index contributed by atoms with van der Waals surface area (Å²) in [4.78, 5) is 17.8. The first-order valence-corrected chi connectivity index (χ1v) is 9.70. The van der Waals surface area contributed by atoms with Crippen LogP contribution in [0.5, 0.6) is 0 Å². The van der Waals surface area contributed by atoms with Crippen LogP contribution in [0.15, 0.2) is 58.6 Å². The first-order valence-electron chi connectivity index (χ1n) is 8.82. The molecule has 1 amide bonds. The number of carbonyl (C=O) groups is 1. The Balaban J connectivity index is 1.60. The number of oxazole rings is 1. The van der Waals surface area contributed by atoms with Gasteiger partial charge >= 0.3 is 6.18 Å². The molecule has 0 saturated carbocycles. The predicted molar refractivity (Wildman–Crippen MR) is 105 cm³/mol. The van der Waals surface area contributed by atoms with Crippen LogP contribution >= 0.6 is 11.3 Å². The highest BCUT2D eigenvalue weighted by Crippen LogP contribution is 2.33. The molecule has 0 aliphatic heterocycles. The van der Waals surface area contributed by atoms with E-state index in [0.29, 0.717) is 23.0 Å². The smallest absolute Gasteiger partial charge is 0.416 e. The lowest BCUT2D eigenvalue weighted by molar-refractivity contribution is -0.137. The summed E-state index contributed by atoms with van der Waals surface area (Å²) in [5.74, 6) is 0.364. The van der Waals surface area contributed by atoms with E-state index < -0.39 is 17.6 Å². The lowest BCUT2D eigenvalue weighted by Gasteiger charge is -2.14. The van der Waals surface area contributed by atoms with E-state index in [1.54, 1.807) is 19.2 Å². The van der Waals surface area contributed by atoms with E-state index in [4.69, 9.17) is 4.42 Å². The van der Waals surface area contributed by atoms with Gasteiger partial charge in [-0.1, -0.05) is 6.07 Å². The maximum absolute atomic E-state index is 13.2. The third-order valence-corrected chi connectivity index (χ3v) is 5.16. The number of anilines is 1. The van der Waals surface area contributed by atoms with Gasteiger partial charge < -0.3 is 9.73 Å². The van der Waals surface area contributed by atoms with Gasteiger partial charge in [0.15, 0.2) is 0 Å². The van der Waals surface area contributed by atoms with E-state index in [9.17, 15) is 18.0 Å². The first-order chi connectivity index (χ1) is 14.3. The molecule has 30 heavy (non-hydrogen) atoms. The monoisotopic (exact) mass is 432 g/mol. The minimum Gasteiger partial charge on any atom is -0.440 e. The molecular weight excluding hydrogens is 417 g/mol. The number of aromatic nitrogens is 3. The number of benzene rings is 1. The third-order valence-electron chi connectivity index (χ3n) is 4.30. The summed E-state index contributed by atoms with van der Waals surface area (Å²) in [5, 5.41) is 8.47. The van der Waals surface area contributed by atoms with Crippen LogP contribution in [0.4, 0.5) is 18.9 Å². The Morgan fingerprint density at radius 2 is 2.10 bits per heavy atom. The SMILES string of the molecule is Cc1oc(-c2cccs2)nc1CC(=O)Nc1cc(C(F)(F)F)ccc1-n1cccn1. The number of carbonyl (C=O) groups excluding carboxylic acids is 1. The Morgan fingerprint density at radius 3 is 2.77 bits per heavy atom. The molecule has 3 heterocycles. The van der Waals surface area contributed by atoms with Crippen LogP contribution in [-0.4, -0.2) is 20.7 Å². The van der Waals surface area contributed by atoms with Crippen molar-refractivity contribution in [1.29, 1.82) is 0 Å². The molecule has 4 rings (SSSR count). The van der Waals surface area contributed by atoms with Crippen molar-refractivity contribution in [2.45, 2.75) is 19.5 Å². The van der Waals surface area contributed by atoms with Gasteiger partial charge in [-0.2, -0.15) is 18.3 Å². The maximum atomic E-state index is 13.2. The van der Waals surface area contributed by atoms with Crippen molar-refractivity contribution < 1.29 is 22.4 Å². The number of thiophene rings is 1. The Hall–Kier alpha value is -3.40. The first kappa shape index (κ1) is 19.9. The van der Waals surface area contributed by atoms with Gasteiger partial charge in [-0.15, -0.1) is 11.3 Å². The molecule has 0 spiro atoms. The number of hydrogen-bond donors (Lipinski definition) is 1. The molecule has 3 aromatic heterocycles. The van der Waals surface area contributed by atoms with Crippen molar-refractivity contribution in [3.63, 3.8) is 0 Å². The molecule has 10 heteroatoms. The molecule has 0 atom stereocenters. The summed E-state index contributed by atoms with van der Waals surface area (Å²) in [7, 11) is 0. The maximum Gasteiger partial charge on any atom is 0.416 e. The van der Waals surface area contributed by atoms with E-state index in [2.05, 4.69) is 15.4 Å². The van der Waals surface area contributed by atoms with Gasteiger partial charge in [-0.3, -0.25) is 4.79 Å². The number of aryl methyl sites for hydroxylation is 1.